The summed E-state index contributed by atoms with van der Waals surface area (Å²) in [5, 5.41) is 2.81. The number of rotatable bonds is 6. The van der Waals surface area contributed by atoms with Crippen LogP contribution in [0.3, 0.4) is 0 Å². The van der Waals surface area contributed by atoms with Crippen LogP contribution in [0.25, 0.3) is 0 Å². The quantitative estimate of drug-likeness (QED) is 0.835. The molecule has 0 aliphatic heterocycles. The third-order valence-electron chi connectivity index (χ3n) is 3.14. The van der Waals surface area contributed by atoms with Gasteiger partial charge in [0, 0.05) is 18.8 Å². The molecule has 0 unspecified atom stereocenters. The van der Waals surface area contributed by atoms with Gasteiger partial charge in [0.15, 0.2) is 0 Å². The molecule has 0 aromatic heterocycles. The Morgan fingerprint density at radius 2 is 1.82 bits per heavy atom. The number of para-hydroxylation sites is 1. The summed E-state index contributed by atoms with van der Waals surface area (Å²) in [5.74, 6) is 1.45. The van der Waals surface area contributed by atoms with E-state index in [1.807, 2.05) is 48.5 Å². The van der Waals surface area contributed by atoms with Crippen molar-refractivity contribution in [1.29, 1.82) is 0 Å². The number of nitrogens with one attached hydrogen (secondary N) is 1. The summed E-state index contributed by atoms with van der Waals surface area (Å²) in [7, 11) is 3.34. The normalized spacial score (nSPS) is 9.91. The molecule has 0 fully saturated rings. The van der Waals surface area contributed by atoms with Gasteiger partial charge in [-0.2, -0.15) is 0 Å². The first-order valence-electron chi connectivity index (χ1n) is 7.04. The first-order chi connectivity index (χ1) is 10.7. The second-order valence-electron chi connectivity index (χ2n) is 4.65. The Labute approximate surface area is 130 Å². The van der Waals surface area contributed by atoms with Crippen molar-refractivity contribution in [3.8, 4) is 11.5 Å². The van der Waals surface area contributed by atoms with Crippen LogP contribution < -0.4 is 19.7 Å². The smallest absolute Gasteiger partial charge is 0.321 e. The summed E-state index contributed by atoms with van der Waals surface area (Å²) in [4.78, 5) is 13.6. The molecule has 2 amide bonds. The highest BCUT2D eigenvalue weighted by atomic mass is 16.5. The minimum absolute atomic E-state index is 0.166. The number of hydrogen-bond acceptors (Lipinski definition) is 3. The van der Waals surface area contributed by atoms with E-state index >= 15 is 0 Å². The van der Waals surface area contributed by atoms with Crippen LogP contribution in [0.4, 0.5) is 10.5 Å². The van der Waals surface area contributed by atoms with Crippen molar-refractivity contribution in [1.82, 2.24) is 5.32 Å². The maximum Gasteiger partial charge on any atom is 0.321 e. The van der Waals surface area contributed by atoms with Gasteiger partial charge in [-0.1, -0.05) is 24.3 Å². The Balaban J connectivity index is 1.75. The fraction of sp³-hybridized carbons (Fsp3) is 0.235. The van der Waals surface area contributed by atoms with E-state index in [9.17, 15) is 4.79 Å². The summed E-state index contributed by atoms with van der Waals surface area (Å²) in [5.41, 5.74) is 0.841. The van der Waals surface area contributed by atoms with Gasteiger partial charge in [-0.15, -0.1) is 0 Å². The number of benzene rings is 2. The van der Waals surface area contributed by atoms with Crippen molar-refractivity contribution in [2.75, 3.05) is 32.2 Å². The molecule has 2 aromatic rings. The molecule has 0 aliphatic rings. The van der Waals surface area contributed by atoms with Gasteiger partial charge in [0.05, 0.1) is 13.7 Å². The lowest BCUT2D eigenvalue weighted by atomic mass is 10.3. The summed E-state index contributed by atoms with van der Waals surface area (Å²) < 4.78 is 10.7. The number of hydrogen-bond donors (Lipinski definition) is 1. The van der Waals surface area contributed by atoms with Crippen LogP contribution >= 0.6 is 0 Å². The molecule has 2 aromatic carbocycles. The molecule has 116 valence electrons. The third kappa shape index (κ3) is 4.41. The van der Waals surface area contributed by atoms with E-state index in [2.05, 4.69) is 5.32 Å². The van der Waals surface area contributed by atoms with E-state index in [-0.39, 0.29) is 6.03 Å². The number of urea groups is 1. The van der Waals surface area contributed by atoms with Crippen LogP contribution in [0.1, 0.15) is 0 Å². The van der Waals surface area contributed by atoms with Crippen molar-refractivity contribution >= 4 is 11.7 Å². The highest BCUT2D eigenvalue weighted by Crippen LogP contribution is 2.18. The fourth-order valence-electron chi connectivity index (χ4n) is 1.91. The zero-order valence-electron chi connectivity index (χ0n) is 12.8. The molecule has 5 heteroatoms. The number of methoxy groups -OCH3 is 1. The maximum absolute atomic E-state index is 12.0. The van der Waals surface area contributed by atoms with E-state index < -0.39 is 0 Å². The second kappa shape index (κ2) is 7.93. The van der Waals surface area contributed by atoms with E-state index in [1.54, 1.807) is 25.1 Å². The molecule has 0 saturated heterocycles. The fourth-order valence-corrected chi connectivity index (χ4v) is 1.91. The first-order valence-corrected chi connectivity index (χ1v) is 7.04. The molecule has 1 N–H and O–H groups in total. The minimum Gasteiger partial charge on any atom is -0.497 e. The zero-order valence-corrected chi connectivity index (χ0v) is 12.8. The minimum atomic E-state index is -0.166. The van der Waals surface area contributed by atoms with Gasteiger partial charge in [0.25, 0.3) is 0 Å². The molecule has 0 bridgehead atoms. The number of anilines is 1. The number of ether oxygens (including phenoxy) is 2. The Hall–Kier alpha value is -2.69. The highest BCUT2D eigenvalue weighted by Gasteiger charge is 2.09. The van der Waals surface area contributed by atoms with Gasteiger partial charge in [-0.05, 0) is 24.3 Å². The number of nitrogens with zero attached hydrogens (tertiary/aromatic N) is 1. The average Bonchev–Trinajstić information content (AvgIpc) is 2.58. The van der Waals surface area contributed by atoms with Crippen molar-refractivity contribution < 1.29 is 14.3 Å². The number of amides is 2. The van der Waals surface area contributed by atoms with Crippen LogP contribution in [0.5, 0.6) is 11.5 Å². The van der Waals surface area contributed by atoms with Crippen LogP contribution in [0.2, 0.25) is 0 Å². The molecule has 0 heterocycles. The molecular formula is C17H20N2O3. The number of carbonyl (C=O) groups is 1. The van der Waals surface area contributed by atoms with Gasteiger partial charge in [-0.25, -0.2) is 4.79 Å². The summed E-state index contributed by atoms with van der Waals surface area (Å²) in [6.07, 6.45) is 0. The van der Waals surface area contributed by atoms with Crippen LogP contribution in [0.15, 0.2) is 54.6 Å². The van der Waals surface area contributed by atoms with Crippen molar-refractivity contribution in [3.05, 3.63) is 54.6 Å². The molecule has 0 saturated carbocycles. The highest BCUT2D eigenvalue weighted by molar-refractivity contribution is 5.91. The Bertz CT molecular complexity index is 602. The maximum atomic E-state index is 12.0. The molecule has 0 atom stereocenters. The molecule has 0 aliphatic carbocycles. The van der Waals surface area contributed by atoms with Crippen molar-refractivity contribution in [2.45, 2.75) is 0 Å². The van der Waals surface area contributed by atoms with Crippen molar-refractivity contribution in [2.24, 2.45) is 0 Å². The van der Waals surface area contributed by atoms with Gasteiger partial charge < -0.3 is 14.8 Å². The van der Waals surface area contributed by atoms with Crippen molar-refractivity contribution in [3.63, 3.8) is 0 Å². The molecular weight excluding hydrogens is 280 g/mol. The van der Waals surface area contributed by atoms with Gasteiger partial charge in [0.1, 0.15) is 18.1 Å². The van der Waals surface area contributed by atoms with E-state index in [0.29, 0.717) is 18.9 Å². The molecule has 22 heavy (non-hydrogen) atoms. The summed E-state index contributed by atoms with van der Waals surface area (Å²) in [6.45, 7) is 0.814. The average molecular weight is 300 g/mol. The predicted molar refractivity (Wildman–Crippen MR) is 86.7 cm³/mol. The summed E-state index contributed by atoms with van der Waals surface area (Å²) in [6, 6.07) is 16.7. The van der Waals surface area contributed by atoms with Crippen LogP contribution in [-0.4, -0.2) is 33.3 Å². The lowest BCUT2D eigenvalue weighted by Crippen LogP contribution is -2.39. The van der Waals surface area contributed by atoms with Crippen LogP contribution in [0, 0.1) is 0 Å². The zero-order chi connectivity index (χ0) is 15.8. The Morgan fingerprint density at radius 1 is 1.09 bits per heavy atom. The first kappa shape index (κ1) is 15.7. The van der Waals surface area contributed by atoms with E-state index in [0.717, 1.165) is 11.4 Å². The standard InChI is InChI=1S/C17H20N2O3/c1-19(14-7-4-3-5-8-14)17(20)18-11-12-22-16-10-6-9-15(13-16)21-2/h3-10,13H,11-12H2,1-2H3,(H,18,20). The molecule has 0 radical (unpaired) electrons. The topological polar surface area (TPSA) is 50.8 Å². The van der Waals surface area contributed by atoms with Crippen LogP contribution in [-0.2, 0) is 0 Å². The van der Waals surface area contributed by atoms with E-state index in [4.69, 9.17) is 9.47 Å². The van der Waals surface area contributed by atoms with Gasteiger partial charge in [-0.3, -0.25) is 4.90 Å². The SMILES string of the molecule is COc1cccc(OCCNC(=O)N(C)c2ccccc2)c1. The lowest BCUT2D eigenvalue weighted by molar-refractivity contribution is 0.243. The van der Waals surface area contributed by atoms with Gasteiger partial charge in [0.2, 0.25) is 0 Å². The third-order valence-corrected chi connectivity index (χ3v) is 3.14. The lowest BCUT2D eigenvalue weighted by Gasteiger charge is -2.18. The van der Waals surface area contributed by atoms with E-state index in [1.165, 1.54) is 0 Å². The van der Waals surface area contributed by atoms with Gasteiger partial charge >= 0.3 is 6.03 Å². The second-order valence-corrected chi connectivity index (χ2v) is 4.65. The number of carbonyl (C=O) groups excluding carboxylic acids is 1. The largest absolute Gasteiger partial charge is 0.497 e. The molecule has 5 nitrogen and oxygen atoms in total. The Morgan fingerprint density at radius 3 is 2.55 bits per heavy atom. The predicted octanol–water partition coefficient (Wildman–Crippen LogP) is 2.92. The molecule has 2 rings (SSSR count). The Kier molecular flexibility index (Phi) is 5.65. The summed E-state index contributed by atoms with van der Waals surface area (Å²) >= 11 is 0. The monoisotopic (exact) mass is 300 g/mol. The molecule has 0 spiro atoms.